The first kappa shape index (κ1) is 24.3. The summed E-state index contributed by atoms with van der Waals surface area (Å²) in [6.45, 7) is 7.52. The number of esters is 1. The highest BCUT2D eigenvalue weighted by molar-refractivity contribution is 6.06. The summed E-state index contributed by atoms with van der Waals surface area (Å²) < 4.78 is 5.78. The molecule has 1 aliphatic heterocycles. The Bertz CT molecular complexity index is 1270. The summed E-state index contributed by atoms with van der Waals surface area (Å²) in [6.07, 6.45) is 0.0726. The molecule has 1 aliphatic rings. The number of ether oxygens (including phenoxy) is 1. The van der Waals surface area contributed by atoms with Crippen LogP contribution in [0.4, 0.5) is 5.69 Å². The minimum atomic E-state index is -0.981. The lowest BCUT2D eigenvalue weighted by Gasteiger charge is -2.32. The van der Waals surface area contributed by atoms with Crippen molar-refractivity contribution >= 4 is 34.4 Å². The number of hydrogen-bond donors (Lipinski definition) is 2. The number of carbonyl (C=O) groups excluding carboxylic acids is 3. The SMILES string of the molecule is CCC(OC(=O)c1c2c(nc3ccccc13)CCN(C(C)C)C2)C(=O)Nc1ccc(C(N)=O)cc1. The van der Waals surface area contributed by atoms with Gasteiger partial charge in [0.15, 0.2) is 6.10 Å². The van der Waals surface area contributed by atoms with Crippen LogP contribution in [-0.4, -0.2) is 46.4 Å². The molecule has 8 heteroatoms. The van der Waals surface area contributed by atoms with Crippen molar-refractivity contribution in [2.24, 2.45) is 5.73 Å². The van der Waals surface area contributed by atoms with Gasteiger partial charge < -0.3 is 15.8 Å². The average Bonchev–Trinajstić information content (AvgIpc) is 2.85. The number of primary amides is 1. The van der Waals surface area contributed by atoms with Crippen LogP contribution in [0.3, 0.4) is 0 Å². The smallest absolute Gasteiger partial charge is 0.340 e. The zero-order chi connectivity index (χ0) is 25.1. The maximum absolute atomic E-state index is 13.6. The summed E-state index contributed by atoms with van der Waals surface area (Å²) in [6, 6.07) is 14.1. The number of aromatic nitrogens is 1. The summed E-state index contributed by atoms with van der Waals surface area (Å²) >= 11 is 0. The molecule has 2 heterocycles. The van der Waals surface area contributed by atoms with Crippen molar-refractivity contribution in [2.45, 2.75) is 52.3 Å². The van der Waals surface area contributed by atoms with Gasteiger partial charge in [-0.05, 0) is 50.6 Å². The highest BCUT2D eigenvalue weighted by Gasteiger charge is 2.30. The minimum absolute atomic E-state index is 0.306. The lowest BCUT2D eigenvalue weighted by Crippen LogP contribution is -2.38. The summed E-state index contributed by atoms with van der Waals surface area (Å²) in [5.74, 6) is -1.52. The van der Waals surface area contributed by atoms with E-state index in [1.165, 1.54) is 12.1 Å². The molecule has 0 radical (unpaired) electrons. The summed E-state index contributed by atoms with van der Waals surface area (Å²) in [5, 5.41) is 3.47. The number of nitrogens with zero attached hydrogens (tertiary/aromatic N) is 2. The van der Waals surface area contributed by atoms with E-state index in [0.29, 0.717) is 35.8 Å². The predicted molar refractivity (Wildman–Crippen MR) is 134 cm³/mol. The number of pyridine rings is 1. The largest absolute Gasteiger partial charge is 0.449 e. The molecule has 182 valence electrons. The zero-order valence-corrected chi connectivity index (χ0v) is 20.2. The first-order valence-electron chi connectivity index (χ1n) is 11.8. The Morgan fingerprint density at radius 1 is 1.11 bits per heavy atom. The van der Waals surface area contributed by atoms with Crippen LogP contribution < -0.4 is 11.1 Å². The normalized spacial score (nSPS) is 14.4. The molecule has 0 saturated carbocycles. The second-order valence-electron chi connectivity index (χ2n) is 8.98. The third-order valence-electron chi connectivity index (χ3n) is 6.36. The molecule has 0 saturated heterocycles. The topological polar surface area (TPSA) is 115 Å². The number of amides is 2. The Balaban J connectivity index is 1.61. The molecule has 2 aromatic carbocycles. The molecule has 3 N–H and O–H groups in total. The van der Waals surface area contributed by atoms with Crippen LogP contribution in [0.1, 0.15) is 59.2 Å². The Morgan fingerprint density at radius 3 is 2.49 bits per heavy atom. The van der Waals surface area contributed by atoms with E-state index in [-0.39, 0.29) is 0 Å². The van der Waals surface area contributed by atoms with Gasteiger partial charge in [0.25, 0.3) is 5.91 Å². The third kappa shape index (κ3) is 5.17. The van der Waals surface area contributed by atoms with Crippen molar-refractivity contribution in [2.75, 3.05) is 11.9 Å². The van der Waals surface area contributed by atoms with Crippen LogP contribution >= 0.6 is 0 Å². The number of para-hydroxylation sites is 1. The van der Waals surface area contributed by atoms with Crippen molar-refractivity contribution in [3.63, 3.8) is 0 Å². The quantitative estimate of drug-likeness (QED) is 0.505. The maximum atomic E-state index is 13.6. The first-order valence-corrected chi connectivity index (χ1v) is 11.8. The second kappa shape index (κ2) is 10.2. The highest BCUT2D eigenvalue weighted by Crippen LogP contribution is 2.30. The van der Waals surface area contributed by atoms with E-state index >= 15 is 0 Å². The van der Waals surface area contributed by atoms with Gasteiger partial charge in [-0.15, -0.1) is 0 Å². The van der Waals surface area contributed by atoms with Crippen LogP contribution in [0, 0.1) is 0 Å². The van der Waals surface area contributed by atoms with Crippen molar-refractivity contribution in [1.29, 1.82) is 0 Å². The number of fused-ring (bicyclic) bond motifs is 2. The number of nitrogens with two attached hydrogens (primary N) is 1. The number of carbonyl (C=O) groups is 3. The molecule has 4 rings (SSSR count). The highest BCUT2D eigenvalue weighted by atomic mass is 16.5. The third-order valence-corrected chi connectivity index (χ3v) is 6.36. The summed E-state index contributed by atoms with van der Waals surface area (Å²) in [4.78, 5) is 44.9. The standard InChI is InChI=1S/C27H30N4O4/c1-4-23(26(33)29-18-11-9-17(10-12-18)25(28)32)35-27(34)24-19-7-5-6-8-21(19)30-22-13-14-31(16(2)3)15-20(22)24/h5-12,16,23H,4,13-15H2,1-3H3,(H2,28,32)(H,29,33). The Labute approximate surface area is 204 Å². The monoisotopic (exact) mass is 474 g/mol. The molecular weight excluding hydrogens is 444 g/mol. The molecule has 2 amide bonds. The molecule has 1 aromatic heterocycles. The van der Waals surface area contributed by atoms with E-state index in [1.807, 2.05) is 24.3 Å². The van der Waals surface area contributed by atoms with Gasteiger partial charge in [-0.1, -0.05) is 25.1 Å². The van der Waals surface area contributed by atoms with Crippen molar-refractivity contribution < 1.29 is 19.1 Å². The van der Waals surface area contributed by atoms with Crippen LogP contribution in [0.2, 0.25) is 0 Å². The van der Waals surface area contributed by atoms with Gasteiger partial charge in [0.2, 0.25) is 5.91 Å². The second-order valence-corrected chi connectivity index (χ2v) is 8.98. The number of nitrogens with one attached hydrogen (secondary N) is 1. The van der Waals surface area contributed by atoms with E-state index in [9.17, 15) is 14.4 Å². The molecule has 0 spiro atoms. The van der Waals surface area contributed by atoms with E-state index < -0.39 is 23.9 Å². The van der Waals surface area contributed by atoms with Gasteiger partial charge in [-0.2, -0.15) is 0 Å². The molecule has 3 aromatic rings. The molecule has 1 unspecified atom stereocenters. The molecule has 8 nitrogen and oxygen atoms in total. The molecule has 0 aliphatic carbocycles. The van der Waals surface area contributed by atoms with Crippen LogP contribution in [0.15, 0.2) is 48.5 Å². The summed E-state index contributed by atoms with van der Waals surface area (Å²) in [5.41, 5.74) is 9.07. The van der Waals surface area contributed by atoms with Gasteiger partial charge >= 0.3 is 5.97 Å². The fraction of sp³-hybridized carbons (Fsp3) is 0.333. The fourth-order valence-corrected chi connectivity index (χ4v) is 4.34. The Morgan fingerprint density at radius 2 is 1.83 bits per heavy atom. The Kier molecular flexibility index (Phi) is 7.12. The van der Waals surface area contributed by atoms with Crippen molar-refractivity contribution in [3.05, 3.63) is 70.9 Å². The average molecular weight is 475 g/mol. The number of benzene rings is 2. The lowest BCUT2D eigenvalue weighted by atomic mass is 9.95. The molecule has 0 bridgehead atoms. The van der Waals surface area contributed by atoms with Crippen molar-refractivity contribution in [3.8, 4) is 0 Å². The number of hydrogen-bond acceptors (Lipinski definition) is 6. The van der Waals surface area contributed by atoms with Crippen LogP contribution in [0.25, 0.3) is 10.9 Å². The predicted octanol–water partition coefficient (Wildman–Crippen LogP) is 3.67. The van der Waals surface area contributed by atoms with Gasteiger partial charge in [-0.25, -0.2) is 4.79 Å². The molecular formula is C27H30N4O4. The Hall–Kier alpha value is -3.78. The van der Waals surface area contributed by atoms with E-state index in [1.54, 1.807) is 19.1 Å². The first-order chi connectivity index (χ1) is 16.8. The van der Waals surface area contributed by atoms with Crippen LogP contribution in [0.5, 0.6) is 0 Å². The fourth-order valence-electron chi connectivity index (χ4n) is 4.34. The van der Waals surface area contributed by atoms with Gasteiger partial charge in [-0.3, -0.25) is 19.5 Å². The number of anilines is 1. The summed E-state index contributed by atoms with van der Waals surface area (Å²) in [7, 11) is 0. The van der Waals surface area contributed by atoms with Gasteiger partial charge in [0.1, 0.15) is 0 Å². The van der Waals surface area contributed by atoms with Gasteiger partial charge in [0, 0.05) is 53.4 Å². The van der Waals surface area contributed by atoms with E-state index in [0.717, 1.165) is 35.1 Å². The lowest BCUT2D eigenvalue weighted by molar-refractivity contribution is -0.124. The van der Waals surface area contributed by atoms with E-state index in [2.05, 4.69) is 24.1 Å². The van der Waals surface area contributed by atoms with E-state index in [4.69, 9.17) is 15.5 Å². The van der Waals surface area contributed by atoms with Crippen LogP contribution in [-0.2, 0) is 22.5 Å². The number of rotatable bonds is 7. The molecule has 0 fully saturated rings. The maximum Gasteiger partial charge on any atom is 0.340 e. The van der Waals surface area contributed by atoms with Gasteiger partial charge in [0.05, 0.1) is 11.1 Å². The minimum Gasteiger partial charge on any atom is -0.449 e. The molecule has 35 heavy (non-hydrogen) atoms. The zero-order valence-electron chi connectivity index (χ0n) is 20.2. The molecule has 1 atom stereocenters. The van der Waals surface area contributed by atoms with Crippen molar-refractivity contribution in [1.82, 2.24) is 9.88 Å².